The third-order valence-corrected chi connectivity index (χ3v) is 5.00. The normalized spacial score (nSPS) is 10.6. The van der Waals surface area contributed by atoms with Crippen LogP contribution in [0, 0.1) is 6.92 Å². The number of carbonyl (C=O) groups excluding carboxylic acids is 2. The van der Waals surface area contributed by atoms with Crippen molar-refractivity contribution in [1.82, 2.24) is 5.43 Å². The van der Waals surface area contributed by atoms with Crippen molar-refractivity contribution in [2.75, 3.05) is 25.6 Å². The summed E-state index contributed by atoms with van der Waals surface area (Å²) in [6, 6.07) is 19.7. The van der Waals surface area contributed by atoms with Crippen molar-refractivity contribution in [2.24, 2.45) is 5.10 Å². The summed E-state index contributed by atoms with van der Waals surface area (Å²) in [5.74, 6) is 0.730. The molecule has 34 heavy (non-hydrogen) atoms. The second kappa shape index (κ2) is 12.4. The minimum Gasteiger partial charge on any atom is -0.493 e. The van der Waals surface area contributed by atoms with E-state index in [-0.39, 0.29) is 19.1 Å². The summed E-state index contributed by atoms with van der Waals surface area (Å²) in [5.41, 5.74) is 4.88. The molecule has 3 aromatic rings. The van der Waals surface area contributed by atoms with Crippen molar-refractivity contribution in [3.05, 3.63) is 82.3 Å². The van der Waals surface area contributed by atoms with Gasteiger partial charge in [0.15, 0.2) is 24.7 Å². The van der Waals surface area contributed by atoms with Gasteiger partial charge in [-0.05, 0) is 67.1 Å². The third kappa shape index (κ3) is 7.93. The van der Waals surface area contributed by atoms with Gasteiger partial charge in [0, 0.05) is 10.2 Å². The number of hydrazone groups is 1. The van der Waals surface area contributed by atoms with Crippen molar-refractivity contribution in [3.8, 4) is 17.2 Å². The lowest BCUT2D eigenvalue weighted by molar-refractivity contribution is -0.123. The zero-order valence-corrected chi connectivity index (χ0v) is 20.3. The fourth-order valence-electron chi connectivity index (χ4n) is 2.75. The molecule has 3 aromatic carbocycles. The number of hydrogen-bond acceptors (Lipinski definition) is 6. The van der Waals surface area contributed by atoms with Crippen LogP contribution < -0.4 is 25.0 Å². The predicted molar refractivity (Wildman–Crippen MR) is 134 cm³/mol. The lowest BCUT2D eigenvalue weighted by atomic mass is 10.2. The molecular weight excluding hydrogens is 502 g/mol. The highest BCUT2D eigenvalue weighted by Crippen LogP contribution is 2.27. The Labute approximate surface area is 206 Å². The number of rotatable bonds is 10. The van der Waals surface area contributed by atoms with Gasteiger partial charge in [0.1, 0.15) is 5.75 Å². The molecule has 2 amide bonds. The molecule has 0 fully saturated rings. The minimum absolute atomic E-state index is 0.167. The van der Waals surface area contributed by atoms with E-state index in [2.05, 4.69) is 31.8 Å². The Morgan fingerprint density at radius 1 is 0.912 bits per heavy atom. The first kappa shape index (κ1) is 24.8. The highest BCUT2D eigenvalue weighted by molar-refractivity contribution is 9.10. The van der Waals surface area contributed by atoms with Crippen LogP contribution in [-0.2, 0) is 9.59 Å². The van der Waals surface area contributed by atoms with Crippen LogP contribution in [0.3, 0.4) is 0 Å². The molecule has 0 bridgehead atoms. The van der Waals surface area contributed by atoms with E-state index in [1.165, 1.54) is 13.3 Å². The van der Waals surface area contributed by atoms with Gasteiger partial charge in [-0.3, -0.25) is 9.59 Å². The second-order valence-corrected chi connectivity index (χ2v) is 8.06. The Bertz CT molecular complexity index is 1150. The van der Waals surface area contributed by atoms with Crippen molar-refractivity contribution in [2.45, 2.75) is 6.92 Å². The largest absolute Gasteiger partial charge is 0.493 e. The lowest BCUT2D eigenvalue weighted by Gasteiger charge is -2.11. The zero-order chi connectivity index (χ0) is 24.3. The standard InChI is InChI=1S/C25H24BrN3O5/c1-17-3-8-20(9-4-17)28-24(30)15-34-22-12-5-18(13-23(22)32-2)14-27-29-25(31)16-33-21-10-6-19(26)7-11-21/h3-14H,15-16H2,1-2H3,(H,28,30)(H,29,31)/b27-14+. The average Bonchev–Trinajstić information content (AvgIpc) is 2.84. The van der Waals surface area contributed by atoms with E-state index in [9.17, 15) is 9.59 Å². The molecule has 0 heterocycles. The molecule has 0 saturated carbocycles. The van der Waals surface area contributed by atoms with Crippen molar-refractivity contribution in [3.63, 3.8) is 0 Å². The van der Waals surface area contributed by atoms with Gasteiger partial charge in [-0.15, -0.1) is 0 Å². The molecular formula is C25H24BrN3O5. The first-order valence-electron chi connectivity index (χ1n) is 10.3. The van der Waals surface area contributed by atoms with Crippen LogP contribution in [0.2, 0.25) is 0 Å². The van der Waals surface area contributed by atoms with Gasteiger partial charge < -0.3 is 19.5 Å². The predicted octanol–water partition coefficient (Wildman–Crippen LogP) is 4.31. The topological polar surface area (TPSA) is 98.2 Å². The van der Waals surface area contributed by atoms with E-state index in [0.717, 1.165) is 10.0 Å². The van der Waals surface area contributed by atoms with E-state index < -0.39 is 5.91 Å². The van der Waals surface area contributed by atoms with Gasteiger partial charge in [-0.2, -0.15) is 5.10 Å². The van der Waals surface area contributed by atoms with Crippen LogP contribution in [0.1, 0.15) is 11.1 Å². The molecule has 176 valence electrons. The third-order valence-electron chi connectivity index (χ3n) is 4.47. The number of nitrogens with one attached hydrogen (secondary N) is 2. The van der Waals surface area contributed by atoms with Gasteiger partial charge in [-0.25, -0.2) is 5.43 Å². The number of hydrogen-bond donors (Lipinski definition) is 2. The molecule has 0 aliphatic heterocycles. The lowest BCUT2D eigenvalue weighted by Crippen LogP contribution is -2.24. The Kier molecular flexibility index (Phi) is 9.04. The Morgan fingerprint density at radius 3 is 2.32 bits per heavy atom. The van der Waals surface area contributed by atoms with Crippen LogP contribution in [0.15, 0.2) is 76.3 Å². The number of methoxy groups -OCH3 is 1. The van der Waals surface area contributed by atoms with E-state index in [0.29, 0.717) is 28.5 Å². The number of aryl methyl sites for hydroxylation is 1. The maximum absolute atomic E-state index is 12.2. The summed E-state index contributed by atoms with van der Waals surface area (Å²) in [6.07, 6.45) is 1.47. The summed E-state index contributed by atoms with van der Waals surface area (Å²) < 4.78 is 17.3. The monoisotopic (exact) mass is 525 g/mol. The molecule has 2 N–H and O–H groups in total. The van der Waals surface area contributed by atoms with E-state index in [1.807, 2.05) is 43.3 Å². The number of carbonyl (C=O) groups is 2. The summed E-state index contributed by atoms with van der Waals surface area (Å²) >= 11 is 3.34. The number of ether oxygens (including phenoxy) is 3. The quantitative estimate of drug-likeness (QED) is 0.303. The van der Waals surface area contributed by atoms with Crippen LogP contribution in [-0.4, -0.2) is 38.4 Å². The first-order chi connectivity index (χ1) is 16.4. The molecule has 0 aliphatic rings. The molecule has 9 heteroatoms. The fraction of sp³-hybridized carbons (Fsp3) is 0.160. The molecule has 0 saturated heterocycles. The molecule has 0 aliphatic carbocycles. The molecule has 8 nitrogen and oxygen atoms in total. The smallest absolute Gasteiger partial charge is 0.277 e. The highest BCUT2D eigenvalue weighted by Gasteiger charge is 2.09. The first-order valence-corrected chi connectivity index (χ1v) is 11.1. The van der Waals surface area contributed by atoms with Crippen LogP contribution >= 0.6 is 15.9 Å². The molecule has 0 radical (unpaired) electrons. The minimum atomic E-state index is -0.398. The number of amides is 2. The van der Waals surface area contributed by atoms with Crippen LogP contribution in [0.25, 0.3) is 0 Å². The van der Waals surface area contributed by atoms with E-state index in [1.54, 1.807) is 30.3 Å². The highest BCUT2D eigenvalue weighted by atomic mass is 79.9. The van der Waals surface area contributed by atoms with E-state index >= 15 is 0 Å². The van der Waals surface area contributed by atoms with Crippen LogP contribution in [0.5, 0.6) is 17.2 Å². The Morgan fingerprint density at radius 2 is 1.62 bits per heavy atom. The molecule has 0 atom stereocenters. The van der Waals surface area contributed by atoms with Gasteiger partial charge in [0.05, 0.1) is 13.3 Å². The summed E-state index contributed by atoms with van der Waals surface area (Å²) in [6.45, 7) is 1.63. The van der Waals surface area contributed by atoms with Crippen molar-refractivity contribution >= 4 is 39.6 Å². The average molecular weight is 526 g/mol. The SMILES string of the molecule is COc1cc(/C=N/NC(=O)COc2ccc(Br)cc2)ccc1OCC(=O)Nc1ccc(C)cc1. The molecule has 0 spiro atoms. The van der Waals surface area contributed by atoms with Gasteiger partial charge in [-0.1, -0.05) is 33.6 Å². The van der Waals surface area contributed by atoms with Gasteiger partial charge >= 0.3 is 0 Å². The number of nitrogens with zero attached hydrogens (tertiary/aromatic N) is 1. The van der Waals surface area contributed by atoms with Gasteiger partial charge in [0.25, 0.3) is 11.8 Å². The van der Waals surface area contributed by atoms with Crippen molar-refractivity contribution < 1.29 is 23.8 Å². The Balaban J connectivity index is 1.48. The maximum Gasteiger partial charge on any atom is 0.277 e. The summed E-state index contributed by atoms with van der Waals surface area (Å²) in [7, 11) is 1.50. The maximum atomic E-state index is 12.2. The fourth-order valence-corrected chi connectivity index (χ4v) is 3.02. The molecule has 3 rings (SSSR count). The second-order valence-electron chi connectivity index (χ2n) is 7.15. The van der Waals surface area contributed by atoms with E-state index in [4.69, 9.17) is 14.2 Å². The zero-order valence-electron chi connectivity index (χ0n) is 18.7. The van der Waals surface area contributed by atoms with Crippen molar-refractivity contribution in [1.29, 1.82) is 0 Å². The van der Waals surface area contributed by atoms with Gasteiger partial charge in [0.2, 0.25) is 0 Å². The number of benzene rings is 3. The number of anilines is 1. The van der Waals surface area contributed by atoms with Crippen LogP contribution in [0.4, 0.5) is 5.69 Å². The Hall–Kier alpha value is -3.85. The number of halogens is 1. The molecule has 0 aromatic heterocycles. The molecule has 0 unspecified atom stereocenters. The summed E-state index contributed by atoms with van der Waals surface area (Å²) in [5, 5.41) is 6.70. The summed E-state index contributed by atoms with van der Waals surface area (Å²) in [4.78, 5) is 24.1.